The number of hydrogen-bond donors (Lipinski definition) is 1. The Kier molecular flexibility index (Phi) is 9.85. The van der Waals surface area contributed by atoms with Gasteiger partial charge in [-0.25, -0.2) is 0 Å². The van der Waals surface area contributed by atoms with Crippen LogP contribution in [0.4, 0.5) is 0 Å². The molecule has 2 atom stereocenters. The molecular formula is C15H34N2. The molecule has 0 aliphatic heterocycles. The molecule has 0 aromatic heterocycles. The molecule has 0 aliphatic rings. The van der Waals surface area contributed by atoms with Crippen molar-refractivity contribution in [1.82, 2.24) is 10.2 Å². The summed E-state index contributed by atoms with van der Waals surface area (Å²) in [6.45, 7) is 15.2. The van der Waals surface area contributed by atoms with Crippen molar-refractivity contribution in [3.05, 3.63) is 0 Å². The molecule has 0 bridgehead atoms. The standard InChI is InChI=1S/C15H34N2/c1-7-15(16-6)9-10-17(8-2)12-14(5)11-13(3)4/h13-16H,7-12H2,1-6H3. The van der Waals surface area contributed by atoms with Gasteiger partial charge in [0, 0.05) is 12.6 Å². The number of nitrogens with one attached hydrogen (secondary N) is 1. The molecule has 0 saturated heterocycles. The van der Waals surface area contributed by atoms with Gasteiger partial charge >= 0.3 is 0 Å². The number of hydrogen-bond acceptors (Lipinski definition) is 2. The van der Waals surface area contributed by atoms with E-state index in [1.165, 1.54) is 38.9 Å². The van der Waals surface area contributed by atoms with Crippen LogP contribution < -0.4 is 5.32 Å². The maximum Gasteiger partial charge on any atom is 0.00736 e. The molecule has 0 aliphatic carbocycles. The molecule has 2 unspecified atom stereocenters. The zero-order chi connectivity index (χ0) is 13.3. The van der Waals surface area contributed by atoms with E-state index in [4.69, 9.17) is 0 Å². The first kappa shape index (κ1) is 16.9. The van der Waals surface area contributed by atoms with Gasteiger partial charge in [-0.2, -0.15) is 0 Å². The Morgan fingerprint density at radius 2 is 1.76 bits per heavy atom. The lowest BCUT2D eigenvalue weighted by Gasteiger charge is -2.27. The molecule has 0 spiro atoms. The topological polar surface area (TPSA) is 15.3 Å². The smallest absolute Gasteiger partial charge is 0.00736 e. The molecule has 0 saturated carbocycles. The van der Waals surface area contributed by atoms with E-state index in [9.17, 15) is 0 Å². The molecule has 0 radical (unpaired) electrons. The third kappa shape index (κ3) is 8.62. The predicted molar refractivity (Wildman–Crippen MR) is 78.5 cm³/mol. The molecule has 0 aromatic carbocycles. The molecule has 0 heterocycles. The van der Waals surface area contributed by atoms with Crippen LogP contribution in [0.1, 0.15) is 53.9 Å². The van der Waals surface area contributed by atoms with Crippen molar-refractivity contribution in [1.29, 1.82) is 0 Å². The Morgan fingerprint density at radius 3 is 2.18 bits per heavy atom. The molecule has 2 heteroatoms. The second-order valence-electron chi connectivity index (χ2n) is 5.81. The summed E-state index contributed by atoms with van der Waals surface area (Å²) in [7, 11) is 2.08. The van der Waals surface area contributed by atoms with E-state index in [1.54, 1.807) is 0 Å². The van der Waals surface area contributed by atoms with Crippen molar-refractivity contribution in [2.75, 3.05) is 26.7 Å². The highest BCUT2D eigenvalue weighted by molar-refractivity contribution is 4.68. The van der Waals surface area contributed by atoms with Crippen molar-refractivity contribution in [3.8, 4) is 0 Å². The molecule has 104 valence electrons. The van der Waals surface area contributed by atoms with Crippen molar-refractivity contribution in [2.24, 2.45) is 11.8 Å². The van der Waals surface area contributed by atoms with Crippen LogP contribution in [0.5, 0.6) is 0 Å². The second kappa shape index (κ2) is 9.90. The van der Waals surface area contributed by atoms with Crippen LogP contribution >= 0.6 is 0 Å². The first-order valence-corrected chi connectivity index (χ1v) is 7.42. The summed E-state index contributed by atoms with van der Waals surface area (Å²) >= 11 is 0. The van der Waals surface area contributed by atoms with Gasteiger partial charge in [-0.05, 0) is 51.2 Å². The third-order valence-electron chi connectivity index (χ3n) is 3.59. The quantitative estimate of drug-likeness (QED) is 0.632. The molecule has 17 heavy (non-hydrogen) atoms. The molecule has 2 nitrogen and oxygen atoms in total. The van der Waals surface area contributed by atoms with Crippen molar-refractivity contribution in [3.63, 3.8) is 0 Å². The summed E-state index contributed by atoms with van der Waals surface area (Å²) in [5, 5.41) is 3.39. The zero-order valence-corrected chi connectivity index (χ0v) is 12.9. The van der Waals surface area contributed by atoms with Crippen molar-refractivity contribution >= 4 is 0 Å². The minimum atomic E-state index is 0.685. The average molecular weight is 242 g/mol. The van der Waals surface area contributed by atoms with Crippen LogP contribution in [0, 0.1) is 11.8 Å². The first-order chi connectivity index (χ1) is 8.03. The minimum absolute atomic E-state index is 0.685. The van der Waals surface area contributed by atoms with Crippen LogP contribution in [-0.4, -0.2) is 37.6 Å². The average Bonchev–Trinajstić information content (AvgIpc) is 2.27. The Hall–Kier alpha value is -0.0800. The van der Waals surface area contributed by atoms with E-state index in [2.05, 4.69) is 51.9 Å². The van der Waals surface area contributed by atoms with Gasteiger partial charge in [-0.3, -0.25) is 0 Å². The SMILES string of the molecule is CCC(CCN(CC)CC(C)CC(C)C)NC. The van der Waals surface area contributed by atoms with Crippen LogP contribution in [0.25, 0.3) is 0 Å². The van der Waals surface area contributed by atoms with Gasteiger partial charge in [-0.15, -0.1) is 0 Å². The molecular weight excluding hydrogens is 208 g/mol. The van der Waals surface area contributed by atoms with Gasteiger partial charge in [0.1, 0.15) is 0 Å². The molecule has 0 aromatic rings. The Labute approximate surface area is 109 Å². The van der Waals surface area contributed by atoms with E-state index < -0.39 is 0 Å². The normalized spacial score (nSPS) is 15.5. The zero-order valence-electron chi connectivity index (χ0n) is 12.9. The van der Waals surface area contributed by atoms with Gasteiger partial charge in [0.05, 0.1) is 0 Å². The summed E-state index contributed by atoms with van der Waals surface area (Å²) in [5.74, 6) is 1.65. The lowest BCUT2D eigenvalue weighted by molar-refractivity contribution is 0.221. The van der Waals surface area contributed by atoms with E-state index in [0.717, 1.165) is 11.8 Å². The lowest BCUT2D eigenvalue weighted by atomic mass is 9.98. The van der Waals surface area contributed by atoms with Crippen LogP contribution in [0.3, 0.4) is 0 Å². The lowest BCUT2D eigenvalue weighted by Crippen LogP contribution is -2.34. The summed E-state index contributed by atoms with van der Waals surface area (Å²) in [6.07, 6.45) is 3.85. The van der Waals surface area contributed by atoms with Gasteiger partial charge in [0.25, 0.3) is 0 Å². The van der Waals surface area contributed by atoms with Crippen LogP contribution in [0.2, 0.25) is 0 Å². The summed E-state index contributed by atoms with van der Waals surface area (Å²) < 4.78 is 0. The van der Waals surface area contributed by atoms with Gasteiger partial charge in [-0.1, -0.05) is 34.6 Å². The summed E-state index contributed by atoms with van der Waals surface area (Å²) in [5.41, 5.74) is 0. The van der Waals surface area contributed by atoms with Crippen LogP contribution in [0.15, 0.2) is 0 Å². The van der Waals surface area contributed by atoms with Gasteiger partial charge < -0.3 is 10.2 Å². The first-order valence-electron chi connectivity index (χ1n) is 7.42. The fourth-order valence-corrected chi connectivity index (χ4v) is 2.59. The largest absolute Gasteiger partial charge is 0.317 e. The highest BCUT2D eigenvalue weighted by Gasteiger charge is 2.12. The number of rotatable bonds is 10. The fourth-order valence-electron chi connectivity index (χ4n) is 2.59. The fraction of sp³-hybridized carbons (Fsp3) is 1.00. The van der Waals surface area contributed by atoms with E-state index in [-0.39, 0.29) is 0 Å². The minimum Gasteiger partial charge on any atom is -0.317 e. The van der Waals surface area contributed by atoms with Gasteiger partial charge in [0.2, 0.25) is 0 Å². The highest BCUT2D eigenvalue weighted by Crippen LogP contribution is 2.13. The van der Waals surface area contributed by atoms with E-state index in [0.29, 0.717) is 6.04 Å². The highest BCUT2D eigenvalue weighted by atomic mass is 15.1. The Morgan fingerprint density at radius 1 is 1.12 bits per heavy atom. The van der Waals surface area contributed by atoms with Gasteiger partial charge in [0.15, 0.2) is 0 Å². The predicted octanol–water partition coefficient (Wildman–Crippen LogP) is 3.38. The molecule has 0 fully saturated rings. The Balaban J connectivity index is 3.90. The molecule has 0 amide bonds. The van der Waals surface area contributed by atoms with E-state index >= 15 is 0 Å². The number of nitrogens with zero attached hydrogens (tertiary/aromatic N) is 1. The third-order valence-corrected chi connectivity index (χ3v) is 3.59. The molecule has 1 N–H and O–H groups in total. The molecule has 0 rings (SSSR count). The Bertz CT molecular complexity index is 164. The van der Waals surface area contributed by atoms with Crippen molar-refractivity contribution < 1.29 is 0 Å². The second-order valence-corrected chi connectivity index (χ2v) is 5.81. The summed E-state index contributed by atoms with van der Waals surface area (Å²) in [4.78, 5) is 2.60. The maximum atomic E-state index is 3.39. The van der Waals surface area contributed by atoms with E-state index in [1.807, 2.05) is 0 Å². The summed E-state index contributed by atoms with van der Waals surface area (Å²) in [6, 6.07) is 0.685. The monoisotopic (exact) mass is 242 g/mol. The maximum absolute atomic E-state index is 3.39. The van der Waals surface area contributed by atoms with Crippen LogP contribution in [-0.2, 0) is 0 Å². The van der Waals surface area contributed by atoms with Crippen molar-refractivity contribution in [2.45, 2.75) is 59.9 Å².